The first-order chi connectivity index (χ1) is 14.2. The molecular formula is C24H39NO6. The number of rotatable bonds is 5. The van der Waals surface area contributed by atoms with Crippen molar-refractivity contribution in [2.75, 3.05) is 6.54 Å². The normalized spacial score (nSPS) is 38.3. The van der Waals surface area contributed by atoms with Crippen molar-refractivity contribution in [3.63, 3.8) is 0 Å². The van der Waals surface area contributed by atoms with Crippen molar-refractivity contribution < 1.29 is 29.0 Å². The van der Waals surface area contributed by atoms with Gasteiger partial charge in [0.15, 0.2) is 0 Å². The van der Waals surface area contributed by atoms with Crippen molar-refractivity contribution in [2.45, 2.75) is 110 Å². The zero-order valence-electron chi connectivity index (χ0n) is 20.0. The number of carboxylic acids is 1. The Hall–Kier alpha value is -1.63. The molecule has 3 aliphatic rings. The van der Waals surface area contributed by atoms with E-state index in [0.29, 0.717) is 44.6 Å². The van der Waals surface area contributed by atoms with Crippen LogP contribution >= 0.6 is 0 Å². The predicted molar refractivity (Wildman–Crippen MR) is 116 cm³/mol. The smallest absolute Gasteiger partial charge is 0.412 e. The van der Waals surface area contributed by atoms with Gasteiger partial charge >= 0.3 is 12.1 Å². The van der Waals surface area contributed by atoms with Crippen LogP contribution in [-0.4, -0.2) is 51.8 Å². The summed E-state index contributed by atoms with van der Waals surface area (Å²) in [5.74, 6) is -0.354. The predicted octanol–water partition coefficient (Wildman–Crippen LogP) is 4.77. The van der Waals surface area contributed by atoms with Gasteiger partial charge in [-0.1, -0.05) is 20.8 Å². The van der Waals surface area contributed by atoms with E-state index in [1.807, 2.05) is 34.6 Å². The number of likely N-dealkylation sites (tertiary alicyclic amines) is 1. The van der Waals surface area contributed by atoms with Crippen molar-refractivity contribution in [2.24, 2.45) is 16.7 Å². The highest BCUT2D eigenvalue weighted by atomic mass is 16.6. The summed E-state index contributed by atoms with van der Waals surface area (Å²) in [5.41, 5.74) is -2.78. The molecule has 1 aliphatic carbocycles. The quantitative estimate of drug-likeness (QED) is 0.666. The van der Waals surface area contributed by atoms with Gasteiger partial charge in [0.1, 0.15) is 17.1 Å². The second kappa shape index (κ2) is 8.05. The Bertz CT molecular complexity index is 745. The molecule has 3 fully saturated rings. The van der Waals surface area contributed by atoms with Crippen molar-refractivity contribution >= 4 is 17.8 Å². The van der Waals surface area contributed by atoms with E-state index < -0.39 is 28.1 Å². The van der Waals surface area contributed by atoms with E-state index in [0.717, 1.165) is 12.8 Å². The average molecular weight is 438 g/mol. The zero-order valence-corrected chi connectivity index (χ0v) is 20.0. The number of aliphatic carboxylic acids is 1. The second-order valence-corrected chi connectivity index (χ2v) is 11.6. The van der Waals surface area contributed by atoms with Crippen LogP contribution in [0.15, 0.2) is 0 Å². The number of nitrogens with zero attached hydrogens (tertiary/aromatic N) is 1. The fraction of sp³-hybridized carbons (Fsp3) is 0.875. The molecule has 176 valence electrons. The molecular weight excluding hydrogens is 398 g/mol. The van der Waals surface area contributed by atoms with Gasteiger partial charge in [-0.3, -0.25) is 14.5 Å². The largest absolute Gasteiger partial charge is 0.481 e. The number of carbonyl (C=O) groups excluding carboxylic acids is 2. The lowest BCUT2D eigenvalue weighted by Crippen LogP contribution is -2.54. The van der Waals surface area contributed by atoms with E-state index in [1.165, 1.54) is 0 Å². The molecule has 3 rings (SSSR count). The Morgan fingerprint density at radius 2 is 1.94 bits per heavy atom. The SMILES string of the molecule is C[C@@H]1C[C@@H]2CN(C(=O)OC(C)(C)C)[C@](CC[C@]3(C)C(=O)CCC[C@]3(C)CC(=O)O)(C1)O2. The molecule has 5 atom stereocenters. The lowest BCUT2D eigenvalue weighted by molar-refractivity contribution is -0.163. The number of hydrogen-bond donors (Lipinski definition) is 1. The number of hydrogen-bond acceptors (Lipinski definition) is 5. The molecule has 7 heteroatoms. The number of carboxylic acid groups (broad SMARTS) is 1. The van der Waals surface area contributed by atoms with Gasteiger partial charge in [0.25, 0.3) is 0 Å². The Morgan fingerprint density at radius 1 is 1.26 bits per heavy atom. The van der Waals surface area contributed by atoms with Crippen LogP contribution in [0.5, 0.6) is 0 Å². The first kappa shape index (κ1) is 24.0. The maximum Gasteiger partial charge on any atom is 0.412 e. The molecule has 31 heavy (non-hydrogen) atoms. The van der Waals surface area contributed by atoms with Gasteiger partial charge in [-0.25, -0.2) is 4.79 Å². The van der Waals surface area contributed by atoms with Crippen LogP contribution in [0.3, 0.4) is 0 Å². The number of amides is 1. The summed E-state index contributed by atoms with van der Waals surface area (Å²) < 4.78 is 12.1. The molecule has 0 aromatic heterocycles. The second-order valence-electron chi connectivity index (χ2n) is 11.6. The molecule has 1 amide bonds. The Morgan fingerprint density at radius 3 is 2.55 bits per heavy atom. The molecule has 1 saturated carbocycles. The van der Waals surface area contributed by atoms with Crippen LogP contribution in [0.2, 0.25) is 0 Å². The monoisotopic (exact) mass is 437 g/mol. The summed E-state index contributed by atoms with van der Waals surface area (Å²) in [6, 6.07) is 0. The maximum absolute atomic E-state index is 13.1. The molecule has 2 saturated heterocycles. The molecule has 0 unspecified atom stereocenters. The molecule has 0 aromatic rings. The van der Waals surface area contributed by atoms with Gasteiger partial charge in [-0.15, -0.1) is 0 Å². The maximum atomic E-state index is 13.1. The Balaban J connectivity index is 1.87. The Labute approximate surface area is 185 Å². The highest BCUT2D eigenvalue weighted by Crippen LogP contribution is 2.55. The lowest BCUT2D eigenvalue weighted by atomic mass is 9.53. The molecule has 0 radical (unpaired) electrons. The number of Topliss-reactive ketones (excluding diaryl/α,β-unsaturated/α-hetero) is 1. The highest BCUT2D eigenvalue weighted by molar-refractivity contribution is 5.87. The third-order valence-electron chi connectivity index (χ3n) is 7.85. The van der Waals surface area contributed by atoms with Gasteiger partial charge in [0.05, 0.1) is 19.1 Å². The van der Waals surface area contributed by atoms with E-state index in [2.05, 4.69) is 6.92 Å². The molecule has 2 bridgehead atoms. The van der Waals surface area contributed by atoms with E-state index >= 15 is 0 Å². The molecule has 2 aliphatic heterocycles. The van der Waals surface area contributed by atoms with Crippen molar-refractivity contribution in [1.29, 1.82) is 0 Å². The minimum Gasteiger partial charge on any atom is -0.481 e. The topological polar surface area (TPSA) is 93.1 Å². The third kappa shape index (κ3) is 4.62. The van der Waals surface area contributed by atoms with E-state index in [1.54, 1.807) is 4.90 Å². The summed E-state index contributed by atoms with van der Waals surface area (Å²) in [6.45, 7) is 12.1. The van der Waals surface area contributed by atoms with Gasteiger partial charge in [-0.2, -0.15) is 0 Å². The van der Waals surface area contributed by atoms with Crippen LogP contribution in [0.25, 0.3) is 0 Å². The van der Waals surface area contributed by atoms with Crippen LogP contribution < -0.4 is 0 Å². The Kier molecular flexibility index (Phi) is 6.24. The average Bonchev–Trinajstić information content (AvgIpc) is 2.87. The van der Waals surface area contributed by atoms with Gasteiger partial charge in [0, 0.05) is 11.8 Å². The van der Waals surface area contributed by atoms with Crippen LogP contribution in [0.1, 0.15) is 92.9 Å². The van der Waals surface area contributed by atoms with Crippen LogP contribution in [0.4, 0.5) is 4.79 Å². The first-order valence-corrected chi connectivity index (χ1v) is 11.6. The van der Waals surface area contributed by atoms with E-state index in [-0.39, 0.29) is 24.4 Å². The molecule has 1 N–H and O–H groups in total. The van der Waals surface area contributed by atoms with Gasteiger partial charge in [-0.05, 0) is 70.6 Å². The molecule has 0 aromatic carbocycles. The summed E-state index contributed by atoms with van der Waals surface area (Å²) in [5, 5.41) is 9.52. The summed E-state index contributed by atoms with van der Waals surface area (Å²) in [4.78, 5) is 39.5. The van der Waals surface area contributed by atoms with Crippen molar-refractivity contribution in [3.8, 4) is 0 Å². The number of ketones is 1. The minimum absolute atomic E-state index is 0.0299. The van der Waals surface area contributed by atoms with Gasteiger partial charge < -0.3 is 14.6 Å². The number of fused-ring (bicyclic) bond motifs is 2. The highest BCUT2D eigenvalue weighted by Gasteiger charge is 2.58. The van der Waals surface area contributed by atoms with Crippen LogP contribution in [-0.2, 0) is 19.1 Å². The summed E-state index contributed by atoms with van der Waals surface area (Å²) >= 11 is 0. The van der Waals surface area contributed by atoms with E-state index in [9.17, 15) is 19.5 Å². The minimum atomic E-state index is -0.875. The van der Waals surface area contributed by atoms with Gasteiger partial charge in [0.2, 0.25) is 0 Å². The van der Waals surface area contributed by atoms with E-state index in [4.69, 9.17) is 9.47 Å². The third-order valence-corrected chi connectivity index (χ3v) is 7.85. The molecule has 7 nitrogen and oxygen atoms in total. The standard InChI is InChI=1S/C24H39NO6/c1-16-12-17-15-25(20(29)31-21(2,3)4)24(13-16,30-17)11-10-23(6)18(26)8-7-9-22(23,5)14-19(27)28/h16-17H,7-15H2,1-6H3,(H,27,28)/t16-,17-,22-,23-,24+/m1/s1. The zero-order chi connectivity index (χ0) is 23.2. The molecule has 0 spiro atoms. The van der Waals surface area contributed by atoms with Crippen LogP contribution in [0, 0.1) is 16.7 Å². The summed E-state index contributed by atoms with van der Waals surface area (Å²) in [7, 11) is 0. The van der Waals surface area contributed by atoms with Crippen molar-refractivity contribution in [3.05, 3.63) is 0 Å². The summed E-state index contributed by atoms with van der Waals surface area (Å²) in [6.07, 6.45) is 4.07. The van der Waals surface area contributed by atoms with Crippen molar-refractivity contribution in [1.82, 2.24) is 4.90 Å². The lowest BCUT2D eigenvalue weighted by Gasteiger charge is -2.50. The first-order valence-electron chi connectivity index (χ1n) is 11.6. The number of ether oxygens (including phenoxy) is 2. The fourth-order valence-electron chi connectivity index (χ4n) is 6.02. The number of carbonyl (C=O) groups is 3. The fourth-order valence-corrected chi connectivity index (χ4v) is 6.02. The molecule has 2 heterocycles.